The lowest BCUT2D eigenvalue weighted by Crippen LogP contribution is -1.93. The largest absolute Gasteiger partial charge is 0.204 e. The van der Waals surface area contributed by atoms with E-state index in [0.717, 1.165) is 31.7 Å². The molecule has 0 aromatic heterocycles. The van der Waals surface area contributed by atoms with Gasteiger partial charge in [-0.25, -0.2) is 8.78 Å². The fourth-order valence-corrected chi connectivity index (χ4v) is 3.03. The Morgan fingerprint density at radius 1 is 0.640 bits per heavy atom. The molecule has 0 heterocycles. The predicted molar refractivity (Wildman–Crippen MR) is 99.6 cm³/mol. The van der Waals surface area contributed by atoms with Crippen molar-refractivity contribution in [2.45, 2.75) is 32.6 Å². The molecule has 0 radical (unpaired) electrons. The van der Waals surface area contributed by atoms with Crippen LogP contribution in [-0.4, -0.2) is 0 Å². The van der Waals surface area contributed by atoms with Crippen LogP contribution in [0.1, 0.15) is 30.0 Å². The van der Waals surface area contributed by atoms with Gasteiger partial charge in [0.15, 0.2) is 11.6 Å². The highest BCUT2D eigenvalue weighted by atomic mass is 19.2. The fourth-order valence-electron chi connectivity index (χ4n) is 3.03. The summed E-state index contributed by atoms with van der Waals surface area (Å²) >= 11 is 0. The summed E-state index contributed by atoms with van der Waals surface area (Å²) in [4.78, 5) is 0. The molecule has 3 aromatic carbocycles. The molecule has 0 bridgehead atoms. The van der Waals surface area contributed by atoms with E-state index in [-0.39, 0.29) is 0 Å². The summed E-state index contributed by atoms with van der Waals surface area (Å²) in [6, 6.07) is 20.8. The third-order valence-electron chi connectivity index (χ3n) is 4.48. The van der Waals surface area contributed by atoms with E-state index in [4.69, 9.17) is 0 Å². The van der Waals surface area contributed by atoms with Gasteiger partial charge in [0, 0.05) is 5.56 Å². The van der Waals surface area contributed by atoms with Gasteiger partial charge < -0.3 is 0 Å². The van der Waals surface area contributed by atoms with Gasteiger partial charge in [0.25, 0.3) is 0 Å². The number of hydrogen-bond acceptors (Lipinski definition) is 0. The second-order valence-corrected chi connectivity index (χ2v) is 6.36. The zero-order valence-corrected chi connectivity index (χ0v) is 14.4. The number of aryl methyl sites for hydroxylation is 3. The Bertz CT molecular complexity index is 818. The van der Waals surface area contributed by atoms with Gasteiger partial charge in [-0.3, -0.25) is 0 Å². The second-order valence-electron chi connectivity index (χ2n) is 6.36. The molecule has 0 amide bonds. The highest BCUT2D eigenvalue weighted by molar-refractivity contribution is 5.64. The molecule has 0 aliphatic heterocycles. The number of benzene rings is 3. The van der Waals surface area contributed by atoms with Crippen molar-refractivity contribution in [2.24, 2.45) is 0 Å². The van der Waals surface area contributed by atoms with E-state index >= 15 is 0 Å². The van der Waals surface area contributed by atoms with Crippen molar-refractivity contribution in [3.05, 3.63) is 95.1 Å². The van der Waals surface area contributed by atoms with Crippen molar-refractivity contribution in [1.29, 1.82) is 0 Å². The molecule has 0 fully saturated rings. The van der Waals surface area contributed by atoms with E-state index in [1.807, 2.05) is 24.3 Å². The topological polar surface area (TPSA) is 0 Å². The molecule has 0 aliphatic rings. The van der Waals surface area contributed by atoms with E-state index in [9.17, 15) is 8.78 Å². The Kier molecular flexibility index (Phi) is 5.60. The van der Waals surface area contributed by atoms with Gasteiger partial charge in [0.2, 0.25) is 0 Å². The van der Waals surface area contributed by atoms with Gasteiger partial charge in [-0.05, 0) is 47.6 Å². The third-order valence-corrected chi connectivity index (χ3v) is 4.48. The lowest BCUT2D eigenvalue weighted by Gasteiger charge is -2.07. The van der Waals surface area contributed by atoms with Crippen LogP contribution in [0.4, 0.5) is 8.78 Å². The van der Waals surface area contributed by atoms with Crippen LogP contribution in [0.3, 0.4) is 0 Å². The van der Waals surface area contributed by atoms with Crippen LogP contribution in [0, 0.1) is 11.6 Å². The number of rotatable bonds is 6. The Morgan fingerprint density at radius 3 is 1.72 bits per heavy atom. The van der Waals surface area contributed by atoms with Crippen LogP contribution >= 0.6 is 0 Å². The van der Waals surface area contributed by atoms with Gasteiger partial charge in [0.05, 0.1) is 0 Å². The molecule has 0 N–H and O–H groups in total. The SMILES string of the molecule is CCCc1ccc(CCc2ccc(-c3cccc(F)c3F)cc2)cc1. The first-order chi connectivity index (χ1) is 12.2. The van der Waals surface area contributed by atoms with Gasteiger partial charge >= 0.3 is 0 Å². The quantitative estimate of drug-likeness (QED) is 0.490. The number of halogens is 2. The maximum atomic E-state index is 13.9. The maximum absolute atomic E-state index is 13.9. The van der Waals surface area contributed by atoms with Crippen LogP contribution in [-0.2, 0) is 19.3 Å². The molecule has 0 nitrogen and oxygen atoms in total. The summed E-state index contributed by atoms with van der Waals surface area (Å²) in [7, 11) is 0. The van der Waals surface area contributed by atoms with Gasteiger partial charge in [0.1, 0.15) is 0 Å². The molecule has 0 unspecified atom stereocenters. The zero-order chi connectivity index (χ0) is 17.6. The van der Waals surface area contributed by atoms with Gasteiger partial charge in [-0.1, -0.05) is 74.0 Å². The van der Waals surface area contributed by atoms with Crippen LogP contribution < -0.4 is 0 Å². The lowest BCUT2D eigenvalue weighted by molar-refractivity contribution is 0.511. The average Bonchev–Trinajstić information content (AvgIpc) is 2.64. The average molecular weight is 336 g/mol. The molecule has 128 valence electrons. The van der Waals surface area contributed by atoms with E-state index in [0.29, 0.717) is 11.1 Å². The molecule has 0 saturated heterocycles. The molecule has 0 spiro atoms. The Morgan fingerprint density at radius 2 is 1.16 bits per heavy atom. The van der Waals surface area contributed by atoms with E-state index in [1.165, 1.54) is 22.8 Å². The highest BCUT2D eigenvalue weighted by Gasteiger charge is 2.09. The van der Waals surface area contributed by atoms with Gasteiger partial charge in [-0.15, -0.1) is 0 Å². The Hall–Kier alpha value is -2.48. The molecule has 25 heavy (non-hydrogen) atoms. The maximum Gasteiger partial charge on any atom is 0.166 e. The Balaban J connectivity index is 1.65. The molecule has 0 aliphatic carbocycles. The lowest BCUT2D eigenvalue weighted by atomic mass is 9.99. The second kappa shape index (κ2) is 8.06. The smallest absolute Gasteiger partial charge is 0.166 e. The standard InChI is InChI=1S/C23H22F2/c1-2-4-17-7-9-18(10-8-17)11-12-19-13-15-20(16-14-19)21-5-3-6-22(24)23(21)25/h3,5-10,13-16H,2,4,11-12H2,1H3. The van der Waals surface area contributed by atoms with Crippen LogP contribution in [0.25, 0.3) is 11.1 Å². The fraction of sp³-hybridized carbons (Fsp3) is 0.217. The normalized spacial score (nSPS) is 10.8. The third kappa shape index (κ3) is 4.33. The van der Waals surface area contributed by atoms with Crippen LogP contribution in [0.15, 0.2) is 66.7 Å². The summed E-state index contributed by atoms with van der Waals surface area (Å²) < 4.78 is 27.2. The van der Waals surface area contributed by atoms with Crippen molar-refractivity contribution < 1.29 is 8.78 Å². The molecular weight excluding hydrogens is 314 g/mol. The van der Waals surface area contributed by atoms with Crippen molar-refractivity contribution in [3.8, 4) is 11.1 Å². The monoisotopic (exact) mass is 336 g/mol. The molecule has 3 aromatic rings. The van der Waals surface area contributed by atoms with Crippen LogP contribution in [0.2, 0.25) is 0 Å². The molecule has 0 atom stereocenters. The van der Waals surface area contributed by atoms with Crippen molar-refractivity contribution in [2.75, 3.05) is 0 Å². The minimum atomic E-state index is -0.812. The zero-order valence-electron chi connectivity index (χ0n) is 14.4. The Labute approximate surface area is 148 Å². The first-order valence-corrected chi connectivity index (χ1v) is 8.78. The summed E-state index contributed by atoms with van der Waals surface area (Å²) in [6.45, 7) is 2.19. The predicted octanol–water partition coefficient (Wildman–Crippen LogP) is 6.37. The number of hydrogen-bond donors (Lipinski definition) is 0. The molecule has 0 saturated carbocycles. The molecule has 2 heteroatoms. The van der Waals surface area contributed by atoms with Gasteiger partial charge in [-0.2, -0.15) is 0 Å². The van der Waals surface area contributed by atoms with Crippen molar-refractivity contribution in [3.63, 3.8) is 0 Å². The van der Waals surface area contributed by atoms with Crippen LogP contribution in [0.5, 0.6) is 0 Å². The van der Waals surface area contributed by atoms with E-state index in [1.54, 1.807) is 6.07 Å². The van der Waals surface area contributed by atoms with Crippen molar-refractivity contribution in [1.82, 2.24) is 0 Å². The van der Waals surface area contributed by atoms with Crippen molar-refractivity contribution >= 4 is 0 Å². The minimum Gasteiger partial charge on any atom is -0.204 e. The summed E-state index contributed by atoms with van der Waals surface area (Å²) in [5.74, 6) is -1.60. The summed E-state index contributed by atoms with van der Waals surface area (Å²) in [5, 5.41) is 0. The first-order valence-electron chi connectivity index (χ1n) is 8.78. The van der Waals surface area contributed by atoms with E-state index < -0.39 is 11.6 Å². The minimum absolute atomic E-state index is 0.304. The first kappa shape index (κ1) is 17.3. The summed E-state index contributed by atoms with van der Waals surface area (Å²) in [6.07, 6.45) is 4.19. The molecular formula is C23H22F2. The molecule has 3 rings (SSSR count). The summed E-state index contributed by atoms with van der Waals surface area (Å²) in [5.41, 5.74) is 4.90. The highest BCUT2D eigenvalue weighted by Crippen LogP contribution is 2.25. The van der Waals surface area contributed by atoms with E-state index in [2.05, 4.69) is 31.2 Å².